The number of benzene rings is 2. The van der Waals surface area contributed by atoms with E-state index < -0.39 is 10.0 Å². The topological polar surface area (TPSA) is 46.6 Å². The summed E-state index contributed by atoms with van der Waals surface area (Å²) >= 11 is 0. The molecule has 0 aliphatic carbocycles. The van der Waals surface area contributed by atoms with Crippen LogP contribution in [0.1, 0.15) is 25.7 Å². The highest BCUT2D eigenvalue weighted by Crippen LogP contribution is 2.40. The zero-order valence-electron chi connectivity index (χ0n) is 14.6. The van der Waals surface area contributed by atoms with Gasteiger partial charge in [-0.3, -0.25) is 0 Å². The van der Waals surface area contributed by atoms with E-state index in [9.17, 15) is 12.8 Å². The van der Waals surface area contributed by atoms with E-state index in [4.69, 9.17) is 4.74 Å². The van der Waals surface area contributed by atoms with Crippen LogP contribution in [0.4, 0.5) is 4.39 Å². The van der Waals surface area contributed by atoms with E-state index in [0.29, 0.717) is 4.90 Å². The second-order valence-electron chi connectivity index (χ2n) is 7.08. The fourth-order valence-corrected chi connectivity index (χ4v) is 6.14. The van der Waals surface area contributed by atoms with Gasteiger partial charge >= 0.3 is 0 Å². The van der Waals surface area contributed by atoms with Gasteiger partial charge in [-0.2, -0.15) is 4.31 Å². The molecule has 2 aromatic carbocycles. The van der Waals surface area contributed by atoms with Crippen molar-refractivity contribution >= 4 is 10.0 Å². The lowest BCUT2D eigenvalue weighted by Crippen LogP contribution is -2.48. The van der Waals surface area contributed by atoms with Crippen LogP contribution < -0.4 is 0 Å². The van der Waals surface area contributed by atoms with Gasteiger partial charge in [0.05, 0.1) is 11.0 Å². The van der Waals surface area contributed by atoms with Gasteiger partial charge in [0.15, 0.2) is 0 Å². The molecule has 2 heterocycles. The first-order valence-electron chi connectivity index (χ1n) is 8.91. The normalized spacial score (nSPS) is 26.2. The SMILES string of the molecule is COC1CC2CCC(C1)N2S(=O)(=O)c1ccc(-c2ccc(F)cc2)cc1. The summed E-state index contributed by atoms with van der Waals surface area (Å²) in [6, 6.07) is 13.1. The third kappa shape index (κ3) is 3.06. The first-order chi connectivity index (χ1) is 12.5. The van der Waals surface area contributed by atoms with Gasteiger partial charge in [-0.1, -0.05) is 24.3 Å². The van der Waals surface area contributed by atoms with Crippen molar-refractivity contribution in [1.82, 2.24) is 4.31 Å². The van der Waals surface area contributed by atoms with E-state index in [0.717, 1.165) is 36.8 Å². The molecule has 26 heavy (non-hydrogen) atoms. The highest BCUT2D eigenvalue weighted by Gasteiger charge is 2.47. The largest absolute Gasteiger partial charge is 0.381 e. The number of halogens is 1. The third-order valence-electron chi connectivity index (χ3n) is 5.56. The number of piperidine rings is 1. The number of rotatable bonds is 4. The van der Waals surface area contributed by atoms with Gasteiger partial charge in [-0.05, 0) is 61.1 Å². The number of sulfonamides is 1. The summed E-state index contributed by atoms with van der Waals surface area (Å²) < 4.78 is 46.6. The molecule has 0 amide bonds. The molecule has 0 N–H and O–H groups in total. The molecule has 2 atom stereocenters. The average molecular weight is 375 g/mol. The minimum Gasteiger partial charge on any atom is -0.381 e. The Labute approximate surface area is 153 Å². The van der Waals surface area contributed by atoms with Crippen LogP contribution in [0.15, 0.2) is 53.4 Å². The molecule has 0 spiro atoms. The predicted octanol–water partition coefficient (Wildman–Crippen LogP) is 3.82. The monoisotopic (exact) mass is 375 g/mol. The summed E-state index contributed by atoms with van der Waals surface area (Å²) in [5.74, 6) is -0.289. The van der Waals surface area contributed by atoms with Crippen molar-refractivity contribution < 1.29 is 17.5 Å². The summed E-state index contributed by atoms with van der Waals surface area (Å²) in [7, 11) is -1.82. The minimum atomic E-state index is -3.52. The summed E-state index contributed by atoms with van der Waals surface area (Å²) in [5, 5.41) is 0. The van der Waals surface area contributed by atoms with E-state index in [2.05, 4.69) is 0 Å². The van der Waals surface area contributed by atoms with Gasteiger partial charge in [0.25, 0.3) is 0 Å². The second-order valence-corrected chi connectivity index (χ2v) is 8.92. The van der Waals surface area contributed by atoms with Gasteiger partial charge in [0.1, 0.15) is 5.82 Å². The van der Waals surface area contributed by atoms with Crippen LogP contribution in [0.3, 0.4) is 0 Å². The fourth-order valence-electron chi connectivity index (χ4n) is 4.25. The van der Waals surface area contributed by atoms with Crippen LogP contribution in [0.5, 0.6) is 0 Å². The second kappa shape index (κ2) is 6.76. The quantitative estimate of drug-likeness (QED) is 0.816. The molecule has 0 saturated carbocycles. The lowest BCUT2D eigenvalue weighted by Gasteiger charge is -2.37. The van der Waals surface area contributed by atoms with Crippen LogP contribution in [-0.2, 0) is 14.8 Å². The maximum absolute atomic E-state index is 13.2. The zero-order valence-corrected chi connectivity index (χ0v) is 15.5. The van der Waals surface area contributed by atoms with Crippen molar-refractivity contribution in [2.75, 3.05) is 7.11 Å². The molecule has 0 radical (unpaired) electrons. The Morgan fingerprint density at radius 1 is 0.923 bits per heavy atom. The van der Waals surface area contributed by atoms with Crippen LogP contribution in [0, 0.1) is 5.82 Å². The first kappa shape index (κ1) is 17.6. The molecule has 2 unspecified atom stereocenters. The molecular formula is C20H22FNO3S. The van der Waals surface area contributed by atoms with Gasteiger partial charge in [0, 0.05) is 19.2 Å². The van der Waals surface area contributed by atoms with E-state index >= 15 is 0 Å². The van der Waals surface area contributed by atoms with Crippen molar-refractivity contribution in [2.24, 2.45) is 0 Å². The molecule has 2 bridgehead atoms. The first-order valence-corrected chi connectivity index (χ1v) is 10.4. The predicted molar refractivity (Wildman–Crippen MR) is 97.7 cm³/mol. The number of hydrogen-bond donors (Lipinski definition) is 0. The molecule has 4 nitrogen and oxygen atoms in total. The molecular weight excluding hydrogens is 353 g/mol. The Hall–Kier alpha value is -1.76. The van der Waals surface area contributed by atoms with Crippen LogP contribution in [0.2, 0.25) is 0 Å². The van der Waals surface area contributed by atoms with Crippen LogP contribution in [-0.4, -0.2) is 38.0 Å². The van der Waals surface area contributed by atoms with Gasteiger partial charge in [0.2, 0.25) is 10.0 Å². The molecule has 138 valence electrons. The molecule has 2 saturated heterocycles. The number of nitrogens with zero attached hydrogens (tertiary/aromatic N) is 1. The Kier molecular flexibility index (Phi) is 4.59. The lowest BCUT2D eigenvalue weighted by molar-refractivity contribution is 0.0349. The molecule has 2 aliphatic rings. The summed E-state index contributed by atoms with van der Waals surface area (Å²) in [5.41, 5.74) is 1.72. The smallest absolute Gasteiger partial charge is 0.243 e. The fraction of sp³-hybridized carbons (Fsp3) is 0.400. The maximum Gasteiger partial charge on any atom is 0.243 e. The number of methoxy groups -OCH3 is 1. The number of fused-ring (bicyclic) bond motifs is 2. The molecule has 0 aromatic heterocycles. The Balaban J connectivity index is 1.60. The van der Waals surface area contributed by atoms with Crippen molar-refractivity contribution in [3.63, 3.8) is 0 Å². The Bertz CT molecular complexity index is 866. The molecule has 2 fully saturated rings. The van der Waals surface area contributed by atoms with E-state index in [1.807, 2.05) is 0 Å². The van der Waals surface area contributed by atoms with Gasteiger partial charge in [-0.15, -0.1) is 0 Å². The van der Waals surface area contributed by atoms with Gasteiger partial charge < -0.3 is 4.74 Å². The Morgan fingerprint density at radius 2 is 1.42 bits per heavy atom. The van der Waals surface area contributed by atoms with Crippen LogP contribution >= 0.6 is 0 Å². The van der Waals surface area contributed by atoms with E-state index in [-0.39, 0.29) is 24.0 Å². The standard InChI is InChI=1S/C20H22FNO3S/c1-25-19-12-17-8-9-18(13-19)22(17)26(23,24)20-10-4-15(5-11-20)14-2-6-16(21)7-3-14/h2-7,10-11,17-19H,8-9,12-13H2,1H3. The van der Waals surface area contributed by atoms with E-state index in [1.165, 1.54) is 12.1 Å². The Morgan fingerprint density at radius 3 is 1.92 bits per heavy atom. The molecule has 2 aromatic rings. The van der Waals surface area contributed by atoms with Crippen LogP contribution in [0.25, 0.3) is 11.1 Å². The molecule has 4 rings (SSSR count). The maximum atomic E-state index is 13.2. The zero-order chi connectivity index (χ0) is 18.3. The van der Waals surface area contributed by atoms with Crippen molar-refractivity contribution in [2.45, 2.75) is 48.8 Å². The van der Waals surface area contributed by atoms with E-state index in [1.54, 1.807) is 47.8 Å². The summed E-state index contributed by atoms with van der Waals surface area (Å²) in [6.07, 6.45) is 3.48. The van der Waals surface area contributed by atoms with Crippen molar-refractivity contribution in [3.8, 4) is 11.1 Å². The number of hydrogen-bond acceptors (Lipinski definition) is 3. The van der Waals surface area contributed by atoms with Crippen molar-refractivity contribution in [3.05, 3.63) is 54.3 Å². The third-order valence-corrected chi connectivity index (χ3v) is 7.58. The number of ether oxygens (including phenoxy) is 1. The lowest BCUT2D eigenvalue weighted by atomic mass is 10.0. The van der Waals surface area contributed by atoms with Crippen molar-refractivity contribution in [1.29, 1.82) is 0 Å². The highest BCUT2D eigenvalue weighted by molar-refractivity contribution is 7.89. The molecule has 6 heteroatoms. The molecule has 2 aliphatic heterocycles. The highest BCUT2D eigenvalue weighted by atomic mass is 32.2. The average Bonchev–Trinajstić information content (AvgIpc) is 2.94. The summed E-state index contributed by atoms with van der Waals surface area (Å²) in [4.78, 5) is 0.316. The minimum absolute atomic E-state index is 0.0282. The van der Waals surface area contributed by atoms with Gasteiger partial charge in [-0.25, -0.2) is 12.8 Å². The summed E-state index contributed by atoms with van der Waals surface area (Å²) in [6.45, 7) is 0.